The summed E-state index contributed by atoms with van der Waals surface area (Å²) in [6.45, 7) is 6.66. The van der Waals surface area contributed by atoms with E-state index in [0.717, 1.165) is 36.4 Å². The van der Waals surface area contributed by atoms with Gasteiger partial charge < -0.3 is 15.0 Å². The fraction of sp³-hybridized carbons (Fsp3) is 0.450. The number of carbonyl (C=O) groups is 1. The van der Waals surface area contributed by atoms with Gasteiger partial charge in [0.15, 0.2) is 0 Å². The van der Waals surface area contributed by atoms with E-state index in [4.69, 9.17) is 4.74 Å². The Hall–Kier alpha value is -2.63. The van der Waals surface area contributed by atoms with E-state index in [1.165, 1.54) is 0 Å². The number of anilines is 1. The van der Waals surface area contributed by atoms with Gasteiger partial charge in [0.05, 0.1) is 12.5 Å². The van der Waals surface area contributed by atoms with Gasteiger partial charge in [-0.15, -0.1) is 0 Å². The van der Waals surface area contributed by atoms with Crippen molar-refractivity contribution in [1.29, 1.82) is 0 Å². The zero-order chi connectivity index (χ0) is 18.4. The summed E-state index contributed by atoms with van der Waals surface area (Å²) in [6.07, 6.45) is 3.64. The highest BCUT2D eigenvalue weighted by Crippen LogP contribution is 2.21. The van der Waals surface area contributed by atoms with E-state index < -0.39 is 0 Å². The van der Waals surface area contributed by atoms with Crippen LogP contribution in [0, 0.1) is 12.8 Å². The summed E-state index contributed by atoms with van der Waals surface area (Å²) in [7, 11) is 0. The highest BCUT2D eigenvalue weighted by Gasteiger charge is 2.27. The van der Waals surface area contributed by atoms with Crippen molar-refractivity contribution in [2.75, 3.05) is 24.6 Å². The Kier molecular flexibility index (Phi) is 6.04. The van der Waals surface area contributed by atoms with Crippen molar-refractivity contribution in [3.63, 3.8) is 0 Å². The van der Waals surface area contributed by atoms with Crippen LogP contribution in [0.15, 0.2) is 36.5 Å². The molecule has 0 spiro atoms. The number of aromatic nitrogens is 2. The summed E-state index contributed by atoms with van der Waals surface area (Å²) in [5.41, 5.74) is 2.01. The first-order chi connectivity index (χ1) is 12.7. The second-order valence-corrected chi connectivity index (χ2v) is 6.58. The van der Waals surface area contributed by atoms with Gasteiger partial charge in [0.2, 0.25) is 11.9 Å². The summed E-state index contributed by atoms with van der Waals surface area (Å²) < 4.78 is 5.44. The SMILES string of the molecule is CCOc1ccc(CNC(=O)C2CCCN(c3nccc(C)n3)C2)cc1. The molecule has 0 radical (unpaired) electrons. The van der Waals surface area contributed by atoms with Gasteiger partial charge in [-0.25, -0.2) is 9.97 Å². The molecule has 6 nitrogen and oxygen atoms in total. The Balaban J connectivity index is 1.54. The predicted molar refractivity (Wildman–Crippen MR) is 101 cm³/mol. The molecule has 1 amide bonds. The molecule has 0 bridgehead atoms. The Morgan fingerprint density at radius 2 is 2.12 bits per heavy atom. The molecule has 2 aromatic rings. The lowest BCUT2D eigenvalue weighted by Gasteiger charge is -2.32. The molecular formula is C20H26N4O2. The third kappa shape index (κ3) is 4.71. The average molecular weight is 354 g/mol. The number of amides is 1. The van der Waals surface area contributed by atoms with Crippen molar-refractivity contribution in [1.82, 2.24) is 15.3 Å². The average Bonchev–Trinajstić information content (AvgIpc) is 2.67. The van der Waals surface area contributed by atoms with Gasteiger partial charge >= 0.3 is 0 Å². The summed E-state index contributed by atoms with van der Waals surface area (Å²) in [4.78, 5) is 23.5. The number of carbonyl (C=O) groups excluding carboxylic acids is 1. The van der Waals surface area contributed by atoms with Crippen LogP contribution in [-0.4, -0.2) is 35.6 Å². The molecule has 6 heteroatoms. The van der Waals surface area contributed by atoms with E-state index in [0.29, 0.717) is 25.6 Å². The van der Waals surface area contributed by atoms with Crippen LogP contribution in [0.2, 0.25) is 0 Å². The Bertz CT molecular complexity index is 733. The minimum atomic E-state index is -0.0319. The smallest absolute Gasteiger partial charge is 0.225 e. The first kappa shape index (κ1) is 18.2. The Labute approximate surface area is 154 Å². The van der Waals surface area contributed by atoms with Crippen molar-refractivity contribution >= 4 is 11.9 Å². The van der Waals surface area contributed by atoms with Crippen molar-refractivity contribution in [2.24, 2.45) is 5.92 Å². The third-order valence-corrected chi connectivity index (χ3v) is 4.56. The maximum absolute atomic E-state index is 12.6. The van der Waals surface area contributed by atoms with Crippen molar-refractivity contribution in [3.05, 3.63) is 47.8 Å². The fourth-order valence-electron chi connectivity index (χ4n) is 3.16. The van der Waals surface area contributed by atoms with Crippen LogP contribution in [0.1, 0.15) is 31.0 Å². The minimum Gasteiger partial charge on any atom is -0.494 e. The summed E-state index contributed by atoms with van der Waals surface area (Å²) in [5.74, 6) is 1.63. The number of aryl methyl sites for hydroxylation is 1. The molecular weight excluding hydrogens is 328 g/mol. The van der Waals surface area contributed by atoms with Crippen LogP contribution in [0.4, 0.5) is 5.95 Å². The number of nitrogens with zero attached hydrogens (tertiary/aromatic N) is 3. The molecule has 138 valence electrons. The molecule has 1 atom stereocenters. The standard InChI is InChI=1S/C20H26N4O2/c1-3-26-18-8-6-16(7-9-18)13-22-19(25)17-5-4-12-24(14-17)20-21-11-10-15(2)23-20/h6-11,17H,3-5,12-14H2,1-2H3,(H,22,25). The van der Waals surface area contributed by atoms with Gasteiger partial charge in [0, 0.05) is 31.5 Å². The fourth-order valence-corrected chi connectivity index (χ4v) is 3.16. The number of nitrogens with one attached hydrogen (secondary N) is 1. The molecule has 1 aliphatic rings. The van der Waals surface area contributed by atoms with Crippen molar-refractivity contribution < 1.29 is 9.53 Å². The number of ether oxygens (including phenoxy) is 1. The molecule has 0 aliphatic carbocycles. The normalized spacial score (nSPS) is 17.0. The van der Waals surface area contributed by atoms with Gasteiger partial charge in [-0.05, 0) is 50.5 Å². The topological polar surface area (TPSA) is 67.3 Å². The second kappa shape index (κ2) is 8.65. The molecule has 1 saturated heterocycles. The minimum absolute atomic E-state index is 0.0319. The number of benzene rings is 1. The summed E-state index contributed by atoms with van der Waals surface area (Å²) >= 11 is 0. The van der Waals surface area contributed by atoms with Crippen LogP contribution in [0.25, 0.3) is 0 Å². The molecule has 1 aliphatic heterocycles. The van der Waals surface area contributed by atoms with E-state index in [2.05, 4.69) is 20.2 Å². The molecule has 26 heavy (non-hydrogen) atoms. The largest absolute Gasteiger partial charge is 0.494 e. The Morgan fingerprint density at radius 1 is 1.31 bits per heavy atom. The van der Waals surface area contributed by atoms with Gasteiger partial charge in [0.25, 0.3) is 0 Å². The highest BCUT2D eigenvalue weighted by atomic mass is 16.5. The molecule has 1 N–H and O–H groups in total. The summed E-state index contributed by atoms with van der Waals surface area (Å²) in [5, 5.41) is 3.06. The molecule has 3 rings (SSSR count). The van der Waals surface area contributed by atoms with Gasteiger partial charge in [-0.3, -0.25) is 4.79 Å². The number of rotatable bonds is 6. The number of hydrogen-bond donors (Lipinski definition) is 1. The number of piperidine rings is 1. The van der Waals surface area contributed by atoms with Crippen LogP contribution < -0.4 is 15.0 Å². The van der Waals surface area contributed by atoms with E-state index in [9.17, 15) is 4.79 Å². The number of hydrogen-bond acceptors (Lipinski definition) is 5. The van der Waals surface area contributed by atoms with E-state index >= 15 is 0 Å². The van der Waals surface area contributed by atoms with Crippen molar-refractivity contribution in [3.8, 4) is 5.75 Å². The van der Waals surface area contributed by atoms with Crippen LogP contribution in [0.3, 0.4) is 0 Å². The first-order valence-electron chi connectivity index (χ1n) is 9.19. The zero-order valence-corrected chi connectivity index (χ0v) is 15.4. The lowest BCUT2D eigenvalue weighted by Crippen LogP contribution is -2.43. The predicted octanol–water partition coefficient (Wildman–Crippen LogP) is 2.72. The monoisotopic (exact) mass is 354 g/mol. The maximum Gasteiger partial charge on any atom is 0.225 e. The van der Waals surface area contributed by atoms with E-state index in [1.54, 1.807) is 6.20 Å². The quantitative estimate of drug-likeness (QED) is 0.864. The molecule has 1 aromatic carbocycles. The van der Waals surface area contributed by atoms with Crippen LogP contribution in [-0.2, 0) is 11.3 Å². The van der Waals surface area contributed by atoms with Gasteiger partial charge in [0.1, 0.15) is 5.75 Å². The Morgan fingerprint density at radius 3 is 2.85 bits per heavy atom. The van der Waals surface area contributed by atoms with Crippen LogP contribution >= 0.6 is 0 Å². The van der Waals surface area contributed by atoms with Crippen LogP contribution in [0.5, 0.6) is 5.75 Å². The first-order valence-corrected chi connectivity index (χ1v) is 9.19. The molecule has 2 heterocycles. The van der Waals surface area contributed by atoms with E-state index in [-0.39, 0.29) is 11.8 Å². The molecule has 1 unspecified atom stereocenters. The maximum atomic E-state index is 12.6. The highest BCUT2D eigenvalue weighted by molar-refractivity contribution is 5.79. The zero-order valence-electron chi connectivity index (χ0n) is 15.4. The van der Waals surface area contributed by atoms with E-state index in [1.807, 2.05) is 44.2 Å². The van der Waals surface area contributed by atoms with Crippen molar-refractivity contribution in [2.45, 2.75) is 33.2 Å². The molecule has 1 aromatic heterocycles. The lowest BCUT2D eigenvalue weighted by atomic mass is 9.97. The van der Waals surface area contributed by atoms with Gasteiger partial charge in [-0.2, -0.15) is 0 Å². The van der Waals surface area contributed by atoms with Gasteiger partial charge in [-0.1, -0.05) is 12.1 Å². The summed E-state index contributed by atoms with van der Waals surface area (Å²) in [6, 6.07) is 9.72. The third-order valence-electron chi connectivity index (χ3n) is 4.56. The molecule has 0 saturated carbocycles. The molecule has 1 fully saturated rings. The lowest BCUT2D eigenvalue weighted by molar-refractivity contribution is -0.125. The second-order valence-electron chi connectivity index (χ2n) is 6.58.